The molecule has 0 atom stereocenters. The average Bonchev–Trinajstić information content (AvgIpc) is 2.71. The van der Waals surface area contributed by atoms with Gasteiger partial charge in [0.2, 0.25) is 0 Å². The van der Waals surface area contributed by atoms with E-state index in [1.807, 2.05) is 7.05 Å². The number of anilines is 1. The van der Waals surface area contributed by atoms with Gasteiger partial charge in [0.15, 0.2) is 0 Å². The third-order valence-electron chi connectivity index (χ3n) is 3.74. The number of nitrogens with zero attached hydrogens (tertiary/aromatic N) is 1. The summed E-state index contributed by atoms with van der Waals surface area (Å²) >= 11 is 6.01. The van der Waals surface area contributed by atoms with Crippen molar-refractivity contribution in [2.24, 2.45) is 7.05 Å². The standard InChI is InChI=1S/C16H19ClN2O2/c1-10-7-12(11(2)19(10)3)9-18-15-8-13(17)5-6-14(15)16(20)21-4/h5-8,18H,9H2,1-4H3. The summed E-state index contributed by atoms with van der Waals surface area (Å²) in [7, 11) is 3.40. The van der Waals surface area contributed by atoms with Crippen LogP contribution in [0.15, 0.2) is 24.3 Å². The van der Waals surface area contributed by atoms with Gasteiger partial charge in [-0.15, -0.1) is 0 Å². The van der Waals surface area contributed by atoms with Gasteiger partial charge in [-0.2, -0.15) is 0 Å². The molecule has 0 saturated carbocycles. The van der Waals surface area contributed by atoms with Crippen molar-refractivity contribution in [3.8, 4) is 0 Å². The molecule has 1 aromatic carbocycles. The van der Waals surface area contributed by atoms with E-state index >= 15 is 0 Å². The SMILES string of the molecule is COC(=O)c1ccc(Cl)cc1NCc1cc(C)n(C)c1C. The Labute approximate surface area is 129 Å². The molecule has 0 bridgehead atoms. The fourth-order valence-corrected chi connectivity index (χ4v) is 2.43. The van der Waals surface area contributed by atoms with Crippen LogP contribution < -0.4 is 5.32 Å². The number of carbonyl (C=O) groups is 1. The van der Waals surface area contributed by atoms with E-state index in [2.05, 4.69) is 29.8 Å². The zero-order valence-corrected chi connectivity index (χ0v) is 13.4. The molecule has 0 amide bonds. The van der Waals surface area contributed by atoms with Crippen LogP contribution in [-0.4, -0.2) is 17.6 Å². The molecule has 0 saturated heterocycles. The predicted octanol–water partition coefficient (Wildman–Crippen LogP) is 3.69. The number of hydrogen-bond acceptors (Lipinski definition) is 3. The molecule has 2 aromatic rings. The van der Waals surface area contributed by atoms with Crippen LogP contribution >= 0.6 is 11.6 Å². The van der Waals surface area contributed by atoms with E-state index in [-0.39, 0.29) is 5.97 Å². The van der Waals surface area contributed by atoms with E-state index in [9.17, 15) is 4.79 Å². The zero-order chi connectivity index (χ0) is 15.6. The van der Waals surface area contributed by atoms with Crippen molar-refractivity contribution in [2.75, 3.05) is 12.4 Å². The Morgan fingerprint density at radius 1 is 1.33 bits per heavy atom. The number of hydrogen-bond donors (Lipinski definition) is 1. The highest BCUT2D eigenvalue weighted by atomic mass is 35.5. The van der Waals surface area contributed by atoms with Crippen molar-refractivity contribution in [3.63, 3.8) is 0 Å². The molecule has 0 spiro atoms. The van der Waals surface area contributed by atoms with Crippen LogP contribution in [0.5, 0.6) is 0 Å². The molecule has 0 aliphatic rings. The van der Waals surface area contributed by atoms with Crippen molar-refractivity contribution in [1.82, 2.24) is 4.57 Å². The molecule has 1 heterocycles. The van der Waals surface area contributed by atoms with Gasteiger partial charge in [0, 0.05) is 30.0 Å². The van der Waals surface area contributed by atoms with E-state index in [0.29, 0.717) is 22.8 Å². The summed E-state index contributed by atoms with van der Waals surface area (Å²) in [5, 5.41) is 3.84. The summed E-state index contributed by atoms with van der Waals surface area (Å²) in [5.74, 6) is -0.380. The second-order valence-electron chi connectivity index (χ2n) is 4.99. The van der Waals surface area contributed by atoms with Crippen molar-refractivity contribution < 1.29 is 9.53 Å². The summed E-state index contributed by atoms with van der Waals surface area (Å²) in [4.78, 5) is 11.8. The van der Waals surface area contributed by atoms with E-state index in [1.54, 1.807) is 18.2 Å². The van der Waals surface area contributed by atoms with Crippen LogP contribution in [0.2, 0.25) is 5.02 Å². The third kappa shape index (κ3) is 3.22. The fraction of sp³-hybridized carbons (Fsp3) is 0.312. The van der Waals surface area contributed by atoms with Gasteiger partial charge in [-0.05, 0) is 43.7 Å². The quantitative estimate of drug-likeness (QED) is 0.876. The van der Waals surface area contributed by atoms with Gasteiger partial charge in [-0.25, -0.2) is 4.79 Å². The minimum atomic E-state index is -0.380. The highest BCUT2D eigenvalue weighted by molar-refractivity contribution is 6.31. The monoisotopic (exact) mass is 306 g/mol. The molecule has 1 aromatic heterocycles. The molecule has 0 unspecified atom stereocenters. The summed E-state index contributed by atoms with van der Waals surface area (Å²) in [5.41, 5.74) is 4.73. The molecule has 4 nitrogen and oxygen atoms in total. The summed E-state index contributed by atoms with van der Waals surface area (Å²) in [6.07, 6.45) is 0. The summed E-state index contributed by atoms with van der Waals surface area (Å²) in [6.45, 7) is 4.76. The number of nitrogens with one attached hydrogen (secondary N) is 1. The third-order valence-corrected chi connectivity index (χ3v) is 3.97. The van der Waals surface area contributed by atoms with Gasteiger partial charge in [0.05, 0.1) is 18.4 Å². The Hall–Kier alpha value is -1.94. The highest BCUT2D eigenvalue weighted by Crippen LogP contribution is 2.23. The molecule has 0 aliphatic heterocycles. The topological polar surface area (TPSA) is 43.3 Å². The second-order valence-corrected chi connectivity index (χ2v) is 5.43. The normalized spacial score (nSPS) is 10.5. The molecule has 112 valence electrons. The number of benzene rings is 1. The molecule has 5 heteroatoms. The number of halogens is 1. The minimum absolute atomic E-state index is 0.380. The Kier molecular flexibility index (Phi) is 4.58. The van der Waals surface area contributed by atoms with Crippen LogP contribution in [0.4, 0.5) is 5.69 Å². The van der Waals surface area contributed by atoms with E-state index < -0.39 is 0 Å². The zero-order valence-electron chi connectivity index (χ0n) is 12.7. The smallest absolute Gasteiger partial charge is 0.339 e. The van der Waals surface area contributed by atoms with Crippen molar-refractivity contribution in [1.29, 1.82) is 0 Å². The van der Waals surface area contributed by atoms with Gasteiger partial charge in [-0.1, -0.05) is 11.6 Å². The first-order chi connectivity index (χ1) is 9.93. The first-order valence-electron chi connectivity index (χ1n) is 6.67. The average molecular weight is 307 g/mol. The lowest BCUT2D eigenvalue weighted by Gasteiger charge is -2.11. The van der Waals surface area contributed by atoms with Gasteiger partial charge < -0.3 is 14.6 Å². The van der Waals surface area contributed by atoms with Crippen molar-refractivity contribution >= 4 is 23.3 Å². The molecule has 0 aliphatic carbocycles. The highest BCUT2D eigenvalue weighted by Gasteiger charge is 2.13. The number of carbonyl (C=O) groups excluding carboxylic acids is 1. The van der Waals surface area contributed by atoms with Gasteiger partial charge in [-0.3, -0.25) is 0 Å². The number of esters is 1. The number of methoxy groups -OCH3 is 1. The van der Waals surface area contributed by atoms with Gasteiger partial charge >= 0.3 is 5.97 Å². The van der Waals surface area contributed by atoms with Crippen LogP contribution in [0.3, 0.4) is 0 Å². The molecule has 21 heavy (non-hydrogen) atoms. The lowest BCUT2D eigenvalue weighted by molar-refractivity contribution is 0.0602. The number of rotatable bonds is 4. The maximum Gasteiger partial charge on any atom is 0.339 e. The Morgan fingerprint density at radius 2 is 2.05 bits per heavy atom. The minimum Gasteiger partial charge on any atom is -0.465 e. The largest absolute Gasteiger partial charge is 0.465 e. The van der Waals surface area contributed by atoms with E-state index in [1.165, 1.54) is 24.1 Å². The Bertz CT molecular complexity index is 677. The van der Waals surface area contributed by atoms with Gasteiger partial charge in [0.1, 0.15) is 0 Å². The lowest BCUT2D eigenvalue weighted by Crippen LogP contribution is -2.08. The van der Waals surface area contributed by atoms with Crippen LogP contribution in [0, 0.1) is 13.8 Å². The molecule has 0 radical (unpaired) electrons. The molecule has 2 rings (SSSR count). The van der Waals surface area contributed by atoms with Crippen LogP contribution in [0.25, 0.3) is 0 Å². The van der Waals surface area contributed by atoms with E-state index in [4.69, 9.17) is 16.3 Å². The molecular formula is C16H19ClN2O2. The molecular weight excluding hydrogens is 288 g/mol. The fourth-order valence-electron chi connectivity index (χ4n) is 2.25. The van der Waals surface area contributed by atoms with Crippen molar-refractivity contribution in [2.45, 2.75) is 20.4 Å². The number of aryl methyl sites for hydroxylation is 1. The lowest BCUT2D eigenvalue weighted by atomic mass is 10.1. The van der Waals surface area contributed by atoms with Gasteiger partial charge in [0.25, 0.3) is 0 Å². The molecule has 1 N–H and O–H groups in total. The predicted molar refractivity (Wildman–Crippen MR) is 85.0 cm³/mol. The first-order valence-corrected chi connectivity index (χ1v) is 7.05. The first kappa shape index (κ1) is 15.4. The molecule has 0 fully saturated rings. The maximum atomic E-state index is 11.8. The maximum absolute atomic E-state index is 11.8. The van der Waals surface area contributed by atoms with Crippen molar-refractivity contribution in [3.05, 3.63) is 51.8 Å². The van der Waals surface area contributed by atoms with E-state index in [0.717, 1.165) is 0 Å². The number of ether oxygens (including phenoxy) is 1. The second kappa shape index (κ2) is 6.22. The summed E-state index contributed by atoms with van der Waals surface area (Å²) < 4.78 is 6.92. The van der Waals surface area contributed by atoms with Crippen LogP contribution in [0.1, 0.15) is 27.3 Å². The Morgan fingerprint density at radius 3 is 2.62 bits per heavy atom. The number of aromatic nitrogens is 1. The van der Waals surface area contributed by atoms with Crippen LogP contribution in [-0.2, 0) is 18.3 Å². The summed E-state index contributed by atoms with van der Waals surface area (Å²) in [6, 6.07) is 7.21. The Balaban J connectivity index is 2.25.